The number of aryl methyl sites for hydroxylation is 6. The van der Waals surface area contributed by atoms with Gasteiger partial charge in [0.25, 0.3) is 10.1 Å². The molecule has 0 heterocycles. The zero-order valence-corrected chi connectivity index (χ0v) is 35.8. The van der Waals surface area contributed by atoms with Crippen LogP contribution >= 0.6 is 0 Å². The molecule has 10 N–H and O–H groups in total. The molecule has 59 heavy (non-hydrogen) atoms. The number of hydrogen-bond donors (Lipinski definition) is 7. The van der Waals surface area contributed by atoms with Crippen LogP contribution in [-0.4, -0.2) is 54.3 Å². The van der Waals surface area contributed by atoms with E-state index in [-0.39, 0.29) is 13.2 Å². The molecule has 0 fully saturated rings. The van der Waals surface area contributed by atoms with Crippen molar-refractivity contribution < 1.29 is 48.4 Å². The van der Waals surface area contributed by atoms with E-state index in [1.807, 2.05) is 108 Å². The number of nitrogens with one attached hydrogen (secondary N) is 1. The van der Waals surface area contributed by atoms with Crippen LogP contribution in [0.25, 0.3) is 0 Å². The molecule has 320 valence electrons. The molecule has 0 bridgehead atoms. The summed E-state index contributed by atoms with van der Waals surface area (Å²) in [6.07, 6.45) is 0. The fourth-order valence-corrected chi connectivity index (χ4v) is 4.53. The summed E-state index contributed by atoms with van der Waals surface area (Å²) in [5, 5.41) is 28.6. The van der Waals surface area contributed by atoms with Crippen molar-refractivity contribution in [1.29, 1.82) is 0 Å². The van der Waals surface area contributed by atoms with Gasteiger partial charge in [0.1, 0.15) is 5.88 Å². The Kier molecular flexibility index (Phi) is 24.8. The first kappa shape index (κ1) is 53.0. The van der Waals surface area contributed by atoms with Gasteiger partial charge in [-0.3, -0.25) is 4.55 Å². The summed E-state index contributed by atoms with van der Waals surface area (Å²) in [4.78, 5) is 0. The van der Waals surface area contributed by atoms with Crippen molar-refractivity contribution in [2.24, 2.45) is 10.2 Å². The zero-order valence-electron chi connectivity index (χ0n) is 33.3. The highest BCUT2D eigenvalue weighted by molar-refractivity contribution is 7.85. The second-order valence-electron chi connectivity index (χ2n) is 12.4. The van der Waals surface area contributed by atoms with Gasteiger partial charge >= 0.3 is 21.2 Å². The number of azo groups is 1. The maximum absolute atomic E-state index is 10.5. The van der Waals surface area contributed by atoms with Crippen molar-refractivity contribution in [2.75, 3.05) is 28.4 Å². The highest BCUT2D eigenvalue weighted by Crippen LogP contribution is 2.26. The Labute approximate surface area is 347 Å². The van der Waals surface area contributed by atoms with E-state index in [2.05, 4.69) is 21.6 Å². The minimum atomic E-state index is -3.96. The third kappa shape index (κ3) is 25.8. The van der Waals surface area contributed by atoms with Crippen LogP contribution in [0.3, 0.4) is 0 Å². The number of benzene rings is 5. The number of anilines is 4. The molecule has 0 aromatic heterocycles. The Bertz CT molecular complexity index is 2410. The Balaban J connectivity index is 0.000000743. The van der Waals surface area contributed by atoms with E-state index in [0.717, 1.165) is 73.1 Å². The van der Waals surface area contributed by atoms with Gasteiger partial charge in [-0.15, -0.1) is 25.3 Å². The smallest absolute Gasteiger partial charge is 0.399 e. The van der Waals surface area contributed by atoms with Crippen LogP contribution in [0.1, 0.15) is 44.5 Å². The quantitative estimate of drug-likeness (QED) is 0.0561. The van der Waals surface area contributed by atoms with Gasteiger partial charge in [0.15, 0.2) is 0 Å². The Hall–Kier alpha value is -6.03. The lowest BCUT2D eigenvalue weighted by Gasteiger charge is -2.08. The third-order valence-electron chi connectivity index (χ3n) is 7.41. The van der Waals surface area contributed by atoms with Gasteiger partial charge in [-0.1, -0.05) is 48.5 Å². The lowest BCUT2D eigenvalue weighted by atomic mass is 10.1. The average molecular weight is 875 g/mol. The van der Waals surface area contributed by atoms with Gasteiger partial charge in [-0.05, 0) is 135 Å². The Morgan fingerprint density at radius 3 is 1.44 bits per heavy atom. The molecule has 5 rings (SSSR count). The zero-order chi connectivity index (χ0) is 45.3. The molecule has 0 aliphatic rings. The molecule has 0 saturated heterocycles. The van der Waals surface area contributed by atoms with E-state index in [9.17, 15) is 8.42 Å². The maximum Gasteiger partial charge on any atom is 0.425 e. The lowest BCUT2D eigenvalue weighted by Crippen LogP contribution is -2.13. The summed E-state index contributed by atoms with van der Waals surface area (Å²) in [5.41, 5.74) is 29.6. The summed E-state index contributed by atoms with van der Waals surface area (Å²) in [7, 11) is -10.2. The van der Waals surface area contributed by atoms with Crippen LogP contribution < -0.4 is 22.5 Å². The van der Waals surface area contributed by atoms with Crippen LogP contribution in [0.15, 0.2) is 107 Å². The van der Waals surface area contributed by atoms with E-state index in [4.69, 9.17) is 57.2 Å². The Morgan fingerprint density at radius 2 is 1.00 bits per heavy atom. The van der Waals surface area contributed by atoms with Crippen molar-refractivity contribution in [3.63, 3.8) is 0 Å². The van der Waals surface area contributed by atoms with Crippen LogP contribution in [0.2, 0.25) is 0 Å². The van der Waals surface area contributed by atoms with Crippen LogP contribution in [-0.2, 0) is 44.5 Å². The second kappa shape index (κ2) is 27.6. The topological polar surface area (TPSA) is 312 Å². The highest BCUT2D eigenvalue weighted by Gasteiger charge is 2.05. The van der Waals surface area contributed by atoms with Crippen molar-refractivity contribution in [1.82, 2.24) is 0 Å². The molecular formula is C39H50N6O11S3. The summed E-state index contributed by atoms with van der Waals surface area (Å²) < 4.78 is 80.2. The molecule has 0 atom stereocenters. The van der Waals surface area contributed by atoms with Crippen molar-refractivity contribution in [2.45, 2.75) is 54.8 Å². The third-order valence-corrected chi connectivity index (χ3v) is 7.92. The molecule has 0 aliphatic carbocycles. The number of nitrogens with zero attached hydrogens (tertiary/aromatic N) is 2. The molecule has 0 saturated carbocycles. The van der Waals surface area contributed by atoms with Crippen molar-refractivity contribution in [3.05, 3.63) is 142 Å². The lowest BCUT2D eigenvalue weighted by molar-refractivity contribution is 0.281. The molecule has 17 nitrogen and oxygen atoms in total. The fraction of sp³-hybridized carbons (Fsp3) is 0.231. The normalized spacial score (nSPS) is 9.98. The SMILES string of the molecule is Cc1cc(N=Nc2ccc(CO)cc2)c(C)cc1N.Cc1ccc(C)c(N)c1.Cc1ccc(C)c(NCS(=O)(=O)O)c1.Nc1ccc(CO)cc1.O=S(=O)=O.O=S(=O)=O. The summed E-state index contributed by atoms with van der Waals surface area (Å²) in [6, 6.07) is 30.0. The van der Waals surface area contributed by atoms with E-state index in [0.29, 0.717) is 0 Å². The van der Waals surface area contributed by atoms with E-state index in [1.54, 1.807) is 24.3 Å². The molecular weight excluding hydrogens is 825 g/mol. The minimum absolute atomic E-state index is 0.0354. The summed E-state index contributed by atoms with van der Waals surface area (Å²) in [5.74, 6) is -0.461. The summed E-state index contributed by atoms with van der Waals surface area (Å²) >= 11 is 0. The molecule has 5 aromatic carbocycles. The predicted molar refractivity (Wildman–Crippen MR) is 229 cm³/mol. The fourth-order valence-electron chi connectivity index (χ4n) is 4.19. The largest absolute Gasteiger partial charge is 0.425 e. The van der Waals surface area contributed by atoms with Gasteiger partial charge in [-0.25, -0.2) is 0 Å². The molecule has 0 amide bonds. The number of aliphatic hydroxyl groups is 2. The van der Waals surface area contributed by atoms with E-state index >= 15 is 0 Å². The van der Waals surface area contributed by atoms with Crippen LogP contribution in [0, 0.1) is 41.5 Å². The van der Waals surface area contributed by atoms with Gasteiger partial charge in [-0.2, -0.15) is 18.6 Å². The first-order chi connectivity index (χ1) is 27.5. The monoisotopic (exact) mass is 874 g/mol. The molecule has 5 aromatic rings. The first-order valence-electron chi connectivity index (χ1n) is 17.0. The van der Waals surface area contributed by atoms with Gasteiger partial charge in [0.05, 0.1) is 24.6 Å². The number of rotatable bonds is 7. The number of aliphatic hydroxyl groups excluding tert-OH is 2. The molecule has 0 spiro atoms. The molecule has 0 unspecified atom stereocenters. The van der Waals surface area contributed by atoms with Crippen LogP contribution in [0.4, 0.5) is 34.1 Å². The molecule has 0 aliphatic heterocycles. The van der Waals surface area contributed by atoms with Crippen LogP contribution in [0.5, 0.6) is 0 Å². The average Bonchev–Trinajstić information content (AvgIpc) is 3.15. The molecule has 20 heteroatoms. The maximum atomic E-state index is 10.5. The number of hydrogen-bond acceptors (Lipinski definition) is 16. The molecule has 0 radical (unpaired) electrons. The van der Waals surface area contributed by atoms with E-state index in [1.165, 1.54) is 5.56 Å². The minimum Gasteiger partial charge on any atom is -0.399 e. The standard InChI is InChI=1S/C15H17N3O.C9H13NO3S.C8H11N.C7H9NO.2O3S/c1-10-8-15(11(2)7-14(10)16)18-17-13-5-3-12(9-19)4-6-13;1-7-3-4-8(2)9(5-7)10-6-14(11,12)13;1-6-3-4-7(2)8(9)5-6;8-7-3-1-6(5-9)2-4-7;2*1-4(2)3/h3-8,19H,9,16H2,1-2H3;3-5,10H,6H2,1-2H3,(H,11,12,13);3-5H,9H2,1-2H3;1-4,9H,5,8H2;;. The van der Waals surface area contributed by atoms with E-state index < -0.39 is 37.2 Å². The Morgan fingerprint density at radius 1 is 0.559 bits per heavy atom. The first-order valence-corrected chi connectivity index (χ1v) is 20.6. The van der Waals surface area contributed by atoms with Crippen molar-refractivity contribution in [3.8, 4) is 0 Å². The van der Waals surface area contributed by atoms with Gasteiger partial charge < -0.3 is 32.7 Å². The van der Waals surface area contributed by atoms with Gasteiger partial charge in [0, 0.05) is 22.7 Å². The highest BCUT2D eigenvalue weighted by atomic mass is 32.2. The van der Waals surface area contributed by atoms with Crippen molar-refractivity contribution >= 4 is 65.5 Å². The predicted octanol–water partition coefficient (Wildman–Crippen LogP) is 5.99. The van der Waals surface area contributed by atoms with Gasteiger partial charge in [0.2, 0.25) is 0 Å². The summed E-state index contributed by atoms with van der Waals surface area (Å²) in [6.45, 7) is 11.9. The second-order valence-corrected chi connectivity index (χ2v) is 14.7. The number of nitrogen functional groups attached to an aromatic ring is 3. The number of nitrogens with two attached hydrogens (primary N) is 3.